The number of rotatable bonds is 5. The minimum absolute atomic E-state index is 0.228. The van der Waals surface area contributed by atoms with Crippen molar-refractivity contribution >= 4 is 5.65 Å². The maximum atomic E-state index is 4.24. The van der Waals surface area contributed by atoms with Crippen molar-refractivity contribution in [3.05, 3.63) is 30.2 Å². The Bertz CT molecular complexity index is 475. The number of hydrogen-bond acceptors (Lipinski definition) is 3. The second-order valence-electron chi connectivity index (χ2n) is 4.85. The van der Waals surface area contributed by atoms with Gasteiger partial charge in [0.1, 0.15) is 0 Å². The monoisotopic (exact) mass is 232 g/mol. The summed E-state index contributed by atoms with van der Waals surface area (Å²) in [4.78, 5) is 0. The average molecular weight is 232 g/mol. The van der Waals surface area contributed by atoms with E-state index < -0.39 is 0 Å². The third-order valence-corrected chi connectivity index (χ3v) is 2.90. The van der Waals surface area contributed by atoms with Crippen LogP contribution in [0, 0.1) is 5.92 Å². The molecule has 4 heteroatoms. The van der Waals surface area contributed by atoms with Crippen molar-refractivity contribution in [2.45, 2.75) is 33.2 Å². The van der Waals surface area contributed by atoms with Crippen LogP contribution < -0.4 is 5.32 Å². The molecule has 0 aliphatic heterocycles. The quantitative estimate of drug-likeness (QED) is 0.861. The summed E-state index contributed by atoms with van der Waals surface area (Å²) >= 11 is 0. The topological polar surface area (TPSA) is 42.2 Å². The van der Waals surface area contributed by atoms with Gasteiger partial charge in [-0.25, -0.2) is 0 Å². The van der Waals surface area contributed by atoms with Crippen LogP contribution in [0.5, 0.6) is 0 Å². The van der Waals surface area contributed by atoms with E-state index >= 15 is 0 Å². The molecule has 0 amide bonds. The normalized spacial score (nSPS) is 13.4. The van der Waals surface area contributed by atoms with Gasteiger partial charge < -0.3 is 5.32 Å². The fourth-order valence-electron chi connectivity index (χ4n) is 1.83. The van der Waals surface area contributed by atoms with Gasteiger partial charge in [0.25, 0.3) is 0 Å². The molecular weight excluding hydrogens is 212 g/mol. The highest BCUT2D eigenvalue weighted by Crippen LogP contribution is 2.11. The Morgan fingerprint density at radius 1 is 1.24 bits per heavy atom. The number of fused-ring (bicyclic) bond motifs is 1. The van der Waals surface area contributed by atoms with E-state index in [-0.39, 0.29) is 6.04 Å². The van der Waals surface area contributed by atoms with Crippen molar-refractivity contribution in [3.63, 3.8) is 0 Å². The van der Waals surface area contributed by atoms with Gasteiger partial charge >= 0.3 is 0 Å². The maximum Gasteiger partial charge on any atom is 0.160 e. The van der Waals surface area contributed by atoms with Crippen LogP contribution in [0.25, 0.3) is 5.65 Å². The van der Waals surface area contributed by atoms with Gasteiger partial charge in [-0.05, 0) is 37.9 Å². The Labute approximate surface area is 102 Å². The number of pyridine rings is 1. The van der Waals surface area contributed by atoms with E-state index in [1.165, 1.54) is 6.42 Å². The minimum Gasteiger partial charge on any atom is -0.308 e. The lowest BCUT2D eigenvalue weighted by Crippen LogP contribution is -2.22. The van der Waals surface area contributed by atoms with Gasteiger partial charge in [0.2, 0.25) is 0 Å². The molecule has 0 aliphatic carbocycles. The van der Waals surface area contributed by atoms with Crippen molar-refractivity contribution in [1.29, 1.82) is 0 Å². The lowest BCUT2D eigenvalue weighted by Gasteiger charge is -2.13. The highest BCUT2D eigenvalue weighted by Gasteiger charge is 2.12. The molecule has 0 saturated heterocycles. The summed E-state index contributed by atoms with van der Waals surface area (Å²) in [5.74, 6) is 1.70. The summed E-state index contributed by atoms with van der Waals surface area (Å²) in [6.45, 7) is 7.61. The molecule has 0 spiro atoms. The van der Waals surface area contributed by atoms with Crippen molar-refractivity contribution in [2.24, 2.45) is 5.92 Å². The number of hydrogen-bond donors (Lipinski definition) is 1. The Morgan fingerprint density at radius 3 is 2.82 bits per heavy atom. The number of nitrogens with zero attached hydrogens (tertiary/aromatic N) is 3. The van der Waals surface area contributed by atoms with Gasteiger partial charge in [-0.3, -0.25) is 4.40 Å². The summed E-state index contributed by atoms with van der Waals surface area (Å²) in [6, 6.07) is 6.18. The molecule has 92 valence electrons. The van der Waals surface area contributed by atoms with Gasteiger partial charge in [-0.2, -0.15) is 0 Å². The van der Waals surface area contributed by atoms with E-state index in [1.807, 2.05) is 28.8 Å². The van der Waals surface area contributed by atoms with Crippen LogP contribution in [0.2, 0.25) is 0 Å². The van der Waals surface area contributed by atoms with Crippen molar-refractivity contribution < 1.29 is 0 Å². The van der Waals surface area contributed by atoms with Crippen molar-refractivity contribution in [1.82, 2.24) is 19.9 Å². The molecule has 0 saturated carbocycles. The van der Waals surface area contributed by atoms with Gasteiger partial charge in [0.15, 0.2) is 11.5 Å². The first-order valence-corrected chi connectivity index (χ1v) is 6.21. The first-order chi connectivity index (χ1) is 8.18. The standard InChI is InChI=1S/C13H20N4/c1-10(2)7-8-14-11(3)13-16-15-12-6-4-5-9-17(12)13/h4-6,9-11,14H,7-8H2,1-3H3/t11-/m1/s1. The second kappa shape index (κ2) is 5.27. The van der Waals surface area contributed by atoms with Crippen LogP contribution in [0.3, 0.4) is 0 Å². The zero-order chi connectivity index (χ0) is 12.3. The third kappa shape index (κ3) is 2.82. The Hall–Kier alpha value is -1.42. The van der Waals surface area contributed by atoms with E-state index in [4.69, 9.17) is 0 Å². The third-order valence-electron chi connectivity index (χ3n) is 2.90. The molecule has 0 aromatic carbocycles. The van der Waals surface area contributed by atoms with Crippen molar-refractivity contribution in [3.8, 4) is 0 Å². The van der Waals surface area contributed by atoms with Gasteiger partial charge in [0.05, 0.1) is 6.04 Å². The fourth-order valence-corrected chi connectivity index (χ4v) is 1.83. The van der Waals surface area contributed by atoms with Crippen LogP contribution in [-0.4, -0.2) is 21.1 Å². The van der Waals surface area contributed by atoms with Gasteiger partial charge in [-0.1, -0.05) is 19.9 Å². The van der Waals surface area contributed by atoms with Crippen molar-refractivity contribution in [2.75, 3.05) is 6.54 Å². The summed E-state index contributed by atoms with van der Waals surface area (Å²) in [5.41, 5.74) is 0.903. The number of aromatic nitrogens is 3. The van der Waals surface area contributed by atoms with Crippen LogP contribution in [0.15, 0.2) is 24.4 Å². The number of nitrogens with one attached hydrogen (secondary N) is 1. The molecule has 0 fully saturated rings. The van der Waals surface area contributed by atoms with Crippen LogP contribution >= 0.6 is 0 Å². The van der Waals surface area contributed by atoms with E-state index in [0.29, 0.717) is 0 Å². The lowest BCUT2D eigenvalue weighted by atomic mass is 10.1. The molecule has 2 aromatic rings. The second-order valence-corrected chi connectivity index (χ2v) is 4.85. The predicted molar refractivity (Wildman–Crippen MR) is 68.9 cm³/mol. The first-order valence-electron chi connectivity index (χ1n) is 6.21. The zero-order valence-corrected chi connectivity index (χ0v) is 10.7. The van der Waals surface area contributed by atoms with Crippen LogP contribution in [0.1, 0.15) is 39.1 Å². The summed E-state index contributed by atoms with van der Waals surface area (Å²) < 4.78 is 2.03. The Morgan fingerprint density at radius 2 is 2.06 bits per heavy atom. The molecule has 17 heavy (non-hydrogen) atoms. The molecule has 1 N–H and O–H groups in total. The summed E-state index contributed by atoms with van der Waals surface area (Å²) in [7, 11) is 0. The van der Waals surface area contributed by atoms with Gasteiger partial charge in [0, 0.05) is 6.20 Å². The SMILES string of the molecule is CC(C)CCN[C@H](C)c1nnc2ccccn12. The molecule has 2 aromatic heterocycles. The van der Waals surface area contributed by atoms with E-state index in [2.05, 4.69) is 36.3 Å². The lowest BCUT2D eigenvalue weighted by molar-refractivity contribution is 0.483. The molecule has 1 atom stereocenters. The molecule has 4 nitrogen and oxygen atoms in total. The van der Waals surface area contributed by atoms with Gasteiger partial charge in [-0.15, -0.1) is 10.2 Å². The zero-order valence-electron chi connectivity index (χ0n) is 10.7. The predicted octanol–water partition coefficient (Wildman–Crippen LogP) is 2.43. The largest absolute Gasteiger partial charge is 0.308 e. The van der Waals surface area contributed by atoms with E-state index in [1.54, 1.807) is 0 Å². The molecule has 0 unspecified atom stereocenters. The smallest absolute Gasteiger partial charge is 0.160 e. The van der Waals surface area contributed by atoms with E-state index in [0.717, 1.165) is 23.9 Å². The minimum atomic E-state index is 0.228. The Kier molecular flexibility index (Phi) is 3.74. The molecular formula is C13H20N4. The molecule has 2 rings (SSSR count). The average Bonchev–Trinajstić information content (AvgIpc) is 2.72. The van der Waals surface area contributed by atoms with E-state index in [9.17, 15) is 0 Å². The molecule has 0 aliphatic rings. The fraction of sp³-hybridized carbons (Fsp3) is 0.538. The van der Waals surface area contributed by atoms with Crippen LogP contribution in [-0.2, 0) is 0 Å². The maximum absolute atomic E-state index is 4.24. The summed E-state index contributed by atoms with van der Waals surface area (Å²) in [6.07, 6.45) is 3.19. The van der Waals surface area contributed by atoms with Crippen LogP contribution in [0.4, 0.5) is 0 Å². The molecule has 0 bridgehead atoms. The Balaban J connectivity index is 2.06. The molecule has 0 radical (unpaired) electrons. The highest BCUT2D eigenvalue weighted by atomic mass is 15.3. The summed E-state index contributed by atoms with van der Waals surface area (Å²) in [5, 5.41) is 11.9. The highest BCUT2D eigenvalue weighted by molar-refractivity contribution is 5.37. The molecule has 2 heterocycles. The first kappa shape index (κ1) is 12.0.